The second-order valence-electron chi connectivity index (χ2n) is 6.68. The van der Waals surface area contributed by atoms with Crippen molar-refractivity contribution in [3.8, 4) is 5.75 Å². The largest absolute Gasteiger partial charge is 0.497 e. The highest BCUT2D eigenvalue weighted by Gasteiger charge is 2.29. The van der Waals surface area contributed by atoms with Crippen LogP contribution in [0.5, 0.6) is 5.75 Å². The Balaban J connectivity index is 1.76. The van der Waals surface area contributed by atoms with Crippen LogP contribution >= 0.6 is 0 Å². The van der Waals surface area contributed by atoms with Crippen LogP contribution in [0.15, 0.2) is 70.6 Å². The molecule has 1 heterocycles. The van der Waals surface area contributed by atoms with E-state index in [4.69, 9.17) is 9.47 Å². The molecule has 0 bridgehead atoms. The number of benzene rings is 3. The Kier molecular flexibility index (Phi) is 5.62. The molecule has 0 unspecified atom stereocenters. The van der Waals surface area contributed by atoms with Gasteiger partial charge in [-0.1, -0.05) is 42.5 Å². The number of aliphatic imine (C=N–C) groups is 1. The first-order valence-corrected chi connectivity index (χ1v) is 10.8. The van der Waals surface area contributed by atoms with Crippen molar-refractivity contribution in [2.24, 2.45) is 4.99 Å². The summed E-state index contributed by atoms with van der Waals surface area (Å²) < 4.78 is 38.5. The fraction of sp³-hybridized carbons (Fsp3) is 0.227. The van der Waals surface area contributed by atoms with Gasteiger partial charge in [0.25, 0.3) is 0 Å². The number of sulfonamides is 1. The van der Waals surface area contributed by atoms with E-state index in [0.29, 0.717) is 37.7 Å². The van der Waals surface area contributed by atoms with E-state index in [1.807, 2.05) is 42.5 Å². The molecule has 0 atom stereocenters. The van der Waals surface area contributed by atoms with Gasteiger partial charge in [-0.15, -0.1) is 0 Å². The van der Waals surface area contributed by atoms with E-state index in [9.17, 15) is 8.42 Å². The van der Waals surface area contributed by atoms with Gasteiger partial charge in [-0.05, 0) is 22.9 Å². The van der Waals surface area contributed by atoms with Gasteiger partial charge in [0, 0.05) is 30.9 Å². The molecule has 1 aliphatic heterocycles. The lowest BCUT2D eigenvalue weighted by Crippen LogP contribution is -2.40. The SMILES string of the molecule is COc1ccc(N=Cc2cccc3ccccc23)c(S(=O)(=O)N2CCOCC2)c1. The highest BCUT2D eigenvalue weighted by atomic mass is 32.2. The molecule has 3 aromatic rings. The predicted octanol–water partition coefficient (Wildman–Crippen LogP) is 3.62. The summed E-state index contributed by atoms with van der Waals surface area (Å²) in [5, 5.41) is 2.16. The number of rotatable bonds is 5. The standard InChI is InChI=1S/C22H22N2O4S/c1-27-19-9-10-21(22(15-19)29(25,26)24-11-13-28-14-12-24)23-16-18-7-4-6-17-5-2-3-8-20(17)18/h2-10,15-16H,11-14H2,1H3. The maximum atomic E-state index is 13.2. The molecule has 0 N–H and O–H groups in total. The second kappa shape index (κ2) is 8.32. The highest BCUT2D eigenvalue weighted by molar-refractivity contribution is 7.89. The molecule has 3 aromatic carbocycles. The van der Waals surface area contributed by atoms with Crippen LogP contribution in [-0.4, -0.2) is 52.4 Å². The van der Waals surface area contributed by atoms with Gasteiger partial charge in [-0.2, -0.15) is 4.31 Å². The van der Waals surface area contributed by atoms with Gasteiger partial charge in [0.1, 0.15) is 10.6 Å². The molecule has 4 rings (SSSR count). The van der Waals surface area contributed by atoms with Crippen molar-refractivity contribution in [2.75, 3.05) is 33.4 Å². The number of methoxy groups -OCH3 is 1. The van der Waals surface area contributed by atoms with E-state index < -0.39 is 10.0 Å². The van der Waals surface area contributed by atoms with Crippen LogP contribution in [0.2, 0.25) is 0 Å². The molecule has 1 aliphatic rings. The number of nitrogens with zero attached hydrogens (tertiary/aromatic N) is 2. The van der Waals surface area contributed by atoms with Gasteiger partial charge in [-0.3, -0.25) is 4.99 Å². The fourth-order valence-corrected chi connectivity index (χ4v) is 4.92. The van der Waals surface area contributed by atoms with Gasteiger partial charge in [0.2, 0.25) is 10.0 Å². The van der Waals surface area contributed by atoms with E-state index in [1.165, 1.54) is 17.5 Å². The number of fused-ring (bicyclic) bond motifs is 1. The minimum absolute atomic E-state index is 0.134. The molecule has 0 saturated carbocycles. The zero-order valence-corrected chi connectivity index (χ0v) is 16.9. The molecule has 0 amide bonds. The molecule has 6 nitrogen and oxygen atoms in total. The molecular weight excluding hydrogens is 388 g/mol. The van der Waals surface area contributed by atoms with Crippen LogP contribution in [0.4, 0.5) is 5.69 Å². The van der Waals surface area contributed by atoms with Crippen molar-refractivity contribution < 1.29 is 17.9 Å². The monoisotopic (exact) mass is 410 g/mol. The Morgan fingerprint density at radius 3 is 2.59 bits per heavy atom. The summed E-state index contributed by atoms with van der Waals surface area (Å²) in [5.41, 5.74) is 1.30. The second-order valence-corrected chi connectivity index (χ2v) is 8.58. The van der Waals surface area contributed by atoms with E-state index in [-0.39, 0.29) is 4.90 Å². The molecule has 7 heteroatoms. The van der Waals surface area contributed by atoms with Crippen molar-refractivity contribution in [3.63, 3.8) is 0 Å². The molecule has 0 aromatic heterocycles. The number of hydrogen-bond acceptors (Lipinski definition) is 5. The van der Waals surface area contributed by atoms with E-state index in [0.717, 1.165) is 16.3 Å². The number of morpholine rings is 1. The molecule has 0 radical (unpaired) electrons. The normalized spacial score (nSPS) is 15.8. The van der Waals surface area contributed by atoms with Crippen LogP contribution in [0.3, 0.4) is 0 Å². The van der Waals surface area contributed by atoms with Gasteiger partial charge in [0.15, 0.2) is 0 Å². The first kappa shape index (κ1) is 19.6. The lowest BCUT2D eigenvalue weighted by Gasteiger charge is -2.26. The van der Waals surface area contributed by atoms with E-state index in [1.54, 1.807) is 18.3 Å². The van der Waals surface area contributed by atoms with Crippen molar-refractivity contribution >= 4 is 32.7 Å². The predicted molar refractivity (Wildman–Crippen MR) is 114 cm³/mol. The summed E-state index contributed by atoms with van der Waals surface area (Å²) in [6, 6.07) is 18.9. The first-order chi connectivity index (χ1) is 14.1. The number of ether oxygens (including phenoxy) is 2. The van der Waals surface area contributed by atoms with Crippen LogP contribution in [0.25, 0.3) is 10.8 Å². The summed E-state index contributed by atoms with van der Waals surface area (Å²) in [6.07, 6.45) is 1.71. The van der Waals surface area contributed by atoms with Crippen LogP contribution in [-0.2, 0) is 14.8 Å². The lowest BCUT2D eigenvalue weighted by molar-refractivity contribution is 0.0730. The third kappa shape index (κ3) is 4.03. The van der Waals surface area contributed by atoms with Crippen LogP contribution < -0.4 is 4.74 Å². The molecule has 150 valence electrons. The quantitative estimate of drug-likeness (QED) is 0.603. The Morgan fingerprint density at radius 2 is 1.79 bits per heavy atom. The Morgan fingerprint density at radius 1 is 1.03 bits per heavy atom. The third-order valence-electron chi connectivity index (χ3n) is 4.92. The Labute approximate surface area is 170 Å². The maximum absolute atomic E-state index is 13.2. The average molecular weight is 410 g/mol. The van der Waals surface area contributed by atoms with E-state index in [2.05, 4.69) is 4.99 Å². The first-order valence-electron chi connectivity index (χ1n) is 9.37. The molecule has 1 fully saturated rings. The number of hydrogen-bond donors (Lipinski definition) is 0. The van der Waals surface area contributed by atoms with Crippen LogP contribution in [0.1, 0.15) is 5.56 Å². The Bertz CT molecular complexity index is 1150. The molecule has 0 spiro atoms. The molecule has 29 heavy (non-hydrogen) atoms. The smallest absolute Gasteiger partial charge is 0.245 e. The van der Waals surface area contributed by atoms with Crippen molar-refractivity contribution in [1.82, 2.24) is 4.31 Å². The summed E-state index contributed by atoms with van der Waals surface area (Å²) in [4.78, 5) is 4.68. The van der Waals surface area contributed by atoms with Gasteiger partial charge >= 0.3 is 0 Å². The van der Waals surface area contributed by atoms with Crippen molar-refractivity contribution in [1.29, 1.82) is 0 Å². The molecule has 0 aliphatic carbocycles. The van der Waals surface area contributed by atoms with Gasteiger partial charge in [-0.25, -0.2) is 8.42 Å². The maximum Gasteiger partial charge on any atom is 0.245 e. The Hall–Kier alpha value is -2.74. The summed E-state index contributed by atoms with van der Waals surface area (Å²) >= 11 is 0. The zero-order valence-electron chi connectivity index (χ0n) is 16.1. The highest BCUT2D eigenvalue weighted by Crippen LogP contribution is 2.31. The minimum Gasteiger partial charge on any atom is -0.497 e. The third-order valence-corrected chi connectivity index (χ3v) is 6.85. The molecule has 1 saturated heterocycles. The fourth-order valence-electron chi connectivity index (χ4n) is 3.36. The van der Waals surface area contributed by atoms with Crippen LogP contribution in [0, 0.1) is 0 Å². The van der Waals surface area contributed by atoms with Crippen molar-refractivity contribution in [2.45, 2.75) is 4.90 Å². The summed E-state index contributed by atoms with van der Waals surface area (Å²) in [5.74, 6) is 0.473. The van der Waals surface area contributed by atoms with Crippen molar-refractivity contribution in [3.05, 3.63) is 66.2 Å². The minimum atomic E-state index is -3.71. The summed E-state index contributed by atoms with van der Waals surface area (Å²) in [7, 11) is -2.20. The van der Waals surface area contributed by atoms with E-state index >= 15 is 0 Å². The van der Waals surface area contributed by atoms with Gasteiger partial charge in [0.05, 0.1) is 26.0 Å². The average Bonchev–Trinajstić information content (AvgIpc) is 2.78. The molecular formula is C22H22N2O4S. The van der Waals surface area contributed by atoms with Gasteiger partial charge < -0.3 is 9.47 Å². The lowest BCUT2D eigenvalue weighted by atomic mass is 10.1. The topological polar surface area (TPSA) is 68.2 Å². The summed E-state index contributed by atoms with van der Waals surface area (Å²) in [6.45, 7) is 1.42. The zero-order chi connectivity index (χ0) is 20.3.